The topological polar surface area (TPSA) is 46.6 Å². The Bertz CT molecular complexity index is 1070. The Kier molecular flexibility index (Phi) is 5.86. The molecule has 0 spiro atoms. The highest BCUT2D eigenvalue weighted by Crippen LogP contribution is 2.53. The zero-order valence-electron chi connectivity index (χ0n) is 18.9. The normalized spacial score (nSPS) is 24.3. The molecule has 0 N–H and O–H groups in total. The van der Waals surface area contributed by atoms with Gasteiger partial charge in [0.1, 0.15) is 0 Å². The van der Waals surface area contributed by atoms with Crippen molar-refractivity contribution in [1.29, 1.82) is 0 Å². The number of likely N-dealkylation sites (tertiary alicyclic amines) is 1. The molecule has 168 valence electrons. The summed E-state index contributed by atoms with van der Waals surface area (Å²) >= 11 is 0. The molecule has 1 aliphatic heterocycles. The van der Waals surface area contributed by atoms with Crippen LogP contribution in [0.1, 0.15) is 30.0 Å². The van der Waals surface area contributed by atoms with Crippen molar-refractivity contribution < 1.29 is 14.3 Å². The number of rotatable bonds is 5. The second-order valence-corrected chi connectivity index (χ2v) is 9.30. The number of carbonyl (C=O) groups excluding carboxylic acids is 2. The highest BCUT2D eigenvalue weighted by Gasteiger charge is 2.58. The average molecular weight is 440 g/mol. The zero-order valence-corrected chi connectivity index (χ0v) is 18.9. The van der Waals surface area contributed by atoms with Crippen LogP contribution < -0.4 is 0 Å². The Morgan fingerprint density at radius 1 is 0.879 bits per heavy atom. The number of hydrogen-bond acceptors (Lipinski definition) is 4. The summed E-state index contributed by atoms with van der Waals surface area (Å²) in [5, 5.41) is 0. The number of nitrogens with zero attached hydrogens (tertiary/aromatic N) is 1. The van der Waals surface area contributed by atoms with Gasteiger partial charge in [-0.05, 0) is 22.6 Å². The molecule has 0 radical (unpaired) electrons. The Labute approximate surface area is 195 Å². The third kappa shape index (κ3) is 4.00. The number of ketones is 1. The summed E-state index contributed by atoms with van der Waals surface area (Å²) in [5.41, 5.74) is 3.19. The van der Waals surface area contributed by atoms with Crippen LogP contribution in [0.3, 0.4) is 0 Å². The van der Waals surface area contributed by atoms with E-state index in [2.05, 4.69) is 77.7 Å². The van der Waals surface area contributed by atoms with Gasteiger partial charge in [0.25, 0.3) is 0 Å². The minimum atomic E-state index is -0.735. The van der Waals surface area contributed by atoms with E-state index in [1.165, 1.54) is 23.6 Å². The third-order valence-electron chi connectivity index (χ3n) is 7.35. The molecule has 3 unspecified atom stereocenters. The minimum Gasteiger partial charge on any atom is -0.454 e. The van der Waals surface area contributed by atoms with Gasteiger partial charge in [0.15, 0.2) is 11.9 Å². The molecule has 0 bridgehead atoms. The Morgan fingerprint density at radius 3 is 1.97 bits per heavy atom. The van der Waals surface area contributed by atoms with Crippen LogP contribution in [0, 0.1) is 11.8 Å². The molecule has 1 saturated heterocycles. The molecule has 5 rings (SSSR count). The molecule has 1 heterocycles. The largest absolute Gasteiger partial charge is 0.454 e. The van der Waals surface area contributed by atoms with Crippen LogP contribution in [0.5, 0.6) is 0 Å². The lowest BCUT2D eigenvalue weighted by Crippen LogP contribution is -2.54. The number of ether oxygens (including phenoxy) is 1. The summed E-state index contributed by atoms with van der Waals surface area (Å²) in [6.07, 6.45) is -0.263. The molecule has 4 nitrogen and oxygen atoms in total. The predicted molar refractivity (Wildman–Crippen MR) is 128 cm³/mol. The number of esters is 1. The number of carbonyl (C=O) groups is 2. The van der Waals surface area contributed by atoms with Crippen LogP contribution in [-0.4, -0.2) is 35.8 Å². The summed E-state index contributed by atoms with van der Waals surface area (Å²) in [6.45, 7) is 3.70. The van der Waals surface area contributed by atoms with Crippen LogP contribution in [0.2, 0.25) is 0 Å². The molecular formula is C29H29NO3. The molecule has 3 aromatic rings. The molecule has 3 aromatic carbocycles. The lowest BCUT2D eigenvalue weighted by Gasteiger charge is -2.48. The second-order valence-electron chi connectivity index (χ2n) is 9.30. The SMILES string of the molecule is CC(=O)OC1CC(c2ccccc2)(c2ccccc2)C2CN(Cc3ccccc3)CC2C1=O. The van der Waals surface area contributed by atoms with E-state index in [1.807, 2.05) is 18.2 Å². The van der Waals surface area contributed by atoms with Gasteiger partial charge in [-0.3, -0.25) is 14.5 Å². The van der Waals surface area contributed by atoms with Crippen molar-refractivity contribution >= 4 is 11.8 Å². The van der Waals surface area contributed by atoms with Crippen LogP contribution in [0.4, 0.5) is 0 Å². The highest BCUT2D eigenvalue weighted by atomic mass is 16.5. The maximum atomic E-state index is 13.6. The molecule has 2 aliphatic rings. The standard InChI is InChI=1S/C29H29NO3/c1-21(31)33-27-17-29(23-13-7-3-8-14-23,24-15-9-4-10-16-24)26-20-30(19-25(26)28(27)32)18-22-11-5-2-6-12-22/h2-16,25-27H,17-20H2,1H3. The van der Waals surface area contributed by atoms with E-state index in [0.29, 0.717) is 13.0 Å². The summed E-state index contributed by atoms with van der Waals surface area (Å²) in [4.78, 5) is 27.9. The molecule has 1 aliphatic carbocycles. The number of Topliss-reactive ketones (excluding diaryl/α,β-unsaturated/α-hetero) is 1. The van der Waals surface area contributed by atoms with Crippen molar-refractivity contribution in [2.75, 3.05) is 13.1 Å². The molecule has 0 aromatic heterocycles. The first-order valence-electron chi connectivity index (χ1n) is 11.7. The first-order chi connectivity index (χ1) is 16.1. The summed E-state index contributed by atoms with van der Waals surface area (Å²) in [7, 11) is 0. The first-order valence-corrected chi connectivity index (χ1v) is 11.7. The number of benzene rings is 3. The van der Waals surface area contributed by atoms with Crippen LogP contribution in [0.15, 0.2) is 91.0 Å². The lowest BCUT2D eigenvalue weighted by molar-refractivity contribution is -0.159. The van der Waals surface area contributed by atoms with Crippen molar-refractivity contribution in [1.82, 2.24) is 4.90 Å². The van der Waals surface area contributed by atoms with E-state index in [0.717, 1.165) is 13.1 Å². The monoisotopic (exact) mass is 439 g/mol. The lowest BCUT2D eigenvalue weighted by atomic mass is 9.55. The molecule has 1 saturated carbocycles. The van der Waals surface area contributed by atoms with Gasteiger partial charge >= 0.3 is 5.97 Å². The second kappa shape index (κ2) is 8.95. The van der Waals surface area contributed by atoms with Crippen LogP contribution >= 0.6 is 0 Å². The van der Waals surface area contributed by atoms with Gasteiger partial charge in [0.05, 0.1) is 0 Å². The fourth-order valence-electron chi connectivity index (χ4n) is 6.03. The van der Waals surface area contributed by atoms with E-state index < -0.39 is 17.5 Å². The van der Waals surface area contributed by atoms with Gasteiger partial charge in [-0.25, -0.2) is 0 Å². The minimum absolute atomic E-state index is 0.0632. The van der Waals surface area contributed by atoms with E-state index in [1.54, 1.807) is 0 Å². The Balaban J connectivity index is 1.61. The van der Waals surface area contributed by atoms with Gasteiger partial charge in [-0.1, -0.05) is 91.0 Å². The molecular weight excluding hydrogens is 410 g/mol. The van der Waals surface area contributed by atoms with Gasteiger partial charge in [-0.2, -0.15) is 0 Å². The summed E-state index contributed by atoms with van der Waals surface area (Å²) in [6, 6.07) is 31.3. The molecule has 0 amide bonds. The summed E-state index contributed by atoms with van der Waals surface area (Å²) < 4.78 is 5.66. The van der Waals surface area contributed by atoms with Crippen molar-refractivity contribution in [3.05, 3.63) is 108 Å². The maximum absolute atomic E-state index is 13.6. The Morgan fingerprint density at radius 2 is 1.42 bits per heavy atom. The Hall–Kier alpha value is -3.24. The molecule has 33 heavy (non-hydrogen) atoms. The first kappa shape index (κ1) is 21.6. The van der Waals surface area contributed by atoms with E-state index in [-0.39, 0.29) is 17.6 Å². The van der Waals surface area contributed by atoms with Gasteiger partial charge < -0.3 is 4.74 Å². The average Bonchev–Trinajstić information content (AvgIpc) is 3.27. The van der Waals surface area contributed by atoms with Crippen LogP contribution in [-0.2, 0) is 26.3 Å². The maximum Gasteiger partial charge on any atom is 0.303 e. The molecule has 3 atom stereocenters. The van der Waals surface area contributed by atoms with Crippen molar-refractivity contribution in [2.45, 2.75) is 31.4 Å². The molecule has 4 heteroatoms. The van der Waals surface area contributed by atoms with Crippen LogP contribution in [0.25, 0.3) is 0 Å². The van der Waals surface area contributed by atoms with E-state index in [4.69, 9.17) is 4.74 Å². The quantitative estimate of drug-likeness (QED) is 0.544. The molecule has 2 fully saturated rings. The van der Waals surface area contributed by atoms with Crippen molar-refractivity contribution in [3.63, 3.8) is 0 Å². The van der Waals surface area contributed by atoms with Crippen molar-refractivity contribution in [3.8, 4) is 0 Å². The smallest absolute Gasteiger partial charge is 0.303 e. The van der Waals surface area contributed by atoms with Gasteiger partial charge in [-0.15, -0.1) is 0 Å². The fourth-order valence-corrected chi connectivity index (χ4v) is 6.03. The number of fused-ring (bicyclic) bond motifs is 1. The fraction of sp³-hybridized carbons (Fsp3) is 0.310. The van der Waals surface area contributed by atoms with Gasteiger partial charge in [0.2, 0.25) is 0 Å². The highest BCUT2D eigenvalue weighted by molar-refractivity contribution is 5.90. The summed E-state index contributed by atoms with van der Waals surface area (Å²) in [5.74, 6) is -0.424. The number of hydrogen-bond donors (Lipinski definition) is 0. The predicted octanol–water partition coefficient (Wildman–Crippen LogP) is 4.63. The van der Waals surface area contributed by atoms with Gasteiger partial charge in [0, 0.05) is 44.3 Å². The van der Waals surface area contributed by atoms with E-state index >= 15 is 0 Å². The zero-order chi connectivity index (χ0) is 22.8. The van der Waals surface area contributed by atoms with Crippen molar-refractivity contribution in [2.24, 2.45) is 11.8 Å². The third-order valence-corrected chi connectivity index (χ3v) is 7.35. The van der Waals surface area contributed by atoms with E-state index in [9.17, 15) is 9.59 Å².